The van der Waals surface area contributed by atoms with Crippen LogP contribution in [0.15, 0.2) is 17.6 Å². The zero-order valence-corrected chi connectivity index (χ0v) is 6.35. The number of rotatable bonds is 2. The van der Waals surface area contributed by atoms with Crippen LogP contribution in [0.2, 0.25) is 0 Å². The van der Waals surface area contributed by atoms with Crippen molar-refractivity contribution in [2.75, 3.05) is 7.05 Å². The molecule has 0 saturated carbocycles. The van der Waals surface area contributed by atoms with Gasteiger partial charge in [0.15, 0.2) is 0 Å². The van der Waals surface area contributed by atoms with Gasteiger partial charge in [-0.05, 0) is 6.92 Å². The van der Waals surface area contributed by atoms with Crippen molar-refractivity contribution in [3.05, 3.63) is 12.7 Å². The molecule has 0 unspecified atom stereocenters. The molecule has 2 amide bonds. The van der Waals surface area contributed by atoms with Gasteiger partial charge in [-0.25, -0.2) is 9.79 Å². The second kappa shape index (κ2) is 4.73. The highest BCUT2D eigenvalue weighted by Crippen LogP contribution is 1.86. The largest absolute Gasteiger partial charge is 0.340 e. The van der Waals surface area contributed by atoms with Crippen molar-refractivity contribution in [3.63, 3.8) is 0 Å². The number of nitrogens with zero attached hydrogens (tertiary/aromatic N) is 1. The fraction of sp³-hybridized carbons (Fsp3) is 0.429. The molecule has 10 heavy (non-hydrogen) atoms. The van der Waals surface area contributed by atoms with Crippen LogP contribution in [0.4, 0.5) is 4.79 Å². The highest BCUT2D eigenvalue weighted by molar-refractivity contribution is 5.94. The van der Waals surface area contributed by atoms with Crippen molar-refractivity contribution in [1.82, 2.24) is 5.32 Å². The first-order valence-corrected chi connectivity index (χ1v) is 3.07. The summed E-state index contributed by atoms with van der Waals surface area (Å²) in [5.41, 5.74) is 0.773. The van der Waals surface area contributed by atoms with Gasteiger partial charge < -0.3 is 5.32 Å². The number of allylic oxidation sites excluding steroid dienone is 1. The lowest BCUT2D eigenvalue weighted by Crippen LogP contribution is -2.14. The van der Waals surface area contributed by atoms with Crippen molar-refractivity contribution in [2.24, 2.45) is 4.99 Å². The van der Waals surface area contributed by atoms with Crippen LogP contribution in [0.25, 0.3) is 0 Å². The van der Waals surface area contributed by atoms with Gasteiger partial charge in [0.05, 0.1) is 0 Å². The lowest BCUT2D eigenvalue weighted by molar-refractivity contribution is 0.251. The normalized spacial score (nSPS) is 10.8. The van der Waals surface area contributed by atoms with E-state index in [1.165, 1.54) is 0 Å². The van der Waals surface area contributed by atoms with Crippen molar-refractivity contribution in [3.8, 4) is 0 Å². The second-order valence-electron chi connectivity index (χ2n) is 1.90. The Morgan fingerprint density at radius 3 is 2.80 bits per heavy atom. The number of hydrogen-bond acceptors (Lipinski definition) is 1. The highest BCUT2D eigenvalue weighted by Gasteiger charge is 1.92. The smallest absolute Gasteiger partial charge is 0.339 e. The van der Waals surface area contributed by atoms with Crippen LogP contribution < -0.4 is 5.32 Å². The van der Waals surface area contributed by atoms with Gasteiger partial charge in [-0.1, -0.05) is 6.08 Å². The molecule has 0 fully saturated rings. The SMILES string of the molecule is C=CCC(C)=NC(=O)NC. The molecule has 0 aliphatic rings. The number of hydrogen-bond donors (Lipinski definition) is 1. The van der Waals surface area contributed by atoms with E-state index in [4.69, 9.17) is 0 Å². The van der Waals surface area contributed by atoms with E-state index in [0.29, 0.717) is 6.42 Å². The maximum Gasteiger partial charge on any atom is 0.340 e. The molecule has 0 rings (SSSR count). The summed E-state index contributed by atoms with van der Waals surface area (Å²) in [6.07, 6.45) is 2.37. The third-order valence-corrected chi connectivity index (χ3v) is 0.946. The van der Waals surface area contributed by atoms with E-state index in [1.807, 2.05) is 0 Å². The summed E-state index contributed by atoms with van der Waals surface area (Å²) in [6.45, 7) is 5.31. The van der Waals surface area contributed by atoms with Gasteiger partial charge in [0.25, 0.3) is 0 Å². The van der Waals surface area contributed by atoms with Crippen molar-refractivity contribution < 1.29 is 4.79 Å². The summed E-state index contributed by atoms with van der Waals surface area (Å²) in [6, 6.07) is -0.306. The topological polar surface area (TPSA) is 41.5 Å². The van der Waals surface area contributed by atoms with Gasteiger partial charge in [0.1, 0.15) is 0 Å². The van der Waals surface area contributed by atoms with Gasteiger partial charge in [-0.15, -0.1) is 6.58 Å². The van der Waals surface area contributed by atoms with Crippen LogP contribution in [-0.2, 0) is 0 Å². The molecule has 0 atom stereocenters. The molecule has 0 aliphatic heterocycles. The van der Waals surface area contributed by atoms with Crippen LogP contribution in [-0.4, -0.2) is 18.8 Å². The fourth-order valence-electron chi connectivity index (χ4n) is 0.484. The Bertz CT molecular complexity index is 161. The third kappa shape index (κ3) is 3.83. The third-order valence-electron chi connectivity index (χ3n) is 0.946. The average Bonchev–Trinajstić information content (AvgIpc) is 1.88. The van der Waals surface area contributed by atoms with E-state index in [-0.39, 0.29) is 6.03 Å². The van der Waals surface area contributed by atoms with Crippen LogP contribution in [0, 0.1) is 0 Å². The molecule has 3 heteroatoms. The first-order chi connectivity index (χ1) is 4.70. The molecule has 0 spiro atoms. The first kappa shape index (κ1) is 8.88. The predicted molar refractivity (Wildman–Crippen MR) is 42.4 cm³/mol. The minimum absolute atomic E-state index is 0.306. The molecular formula is C7H12N2O. The number of amides is 2. The Morgan fingerprint density at radius 1 is 1.80 bits per heavy atom. The number of carbonyl (C=O) groups is 1. The Labute approximate surface area is 60.8 Å². The van der Waals surface area contributed by atoms with E-state index in [2.05, 4.69) is 16.9 Å². The molecule has 0 radical (unpaired) electrons. The Hall–Kier alpha value is -1.12. The summed E-state index contributed by atoms with van der Waals surface area (Å²) in [4.78, 5) is 14.2. The summed E-state index contributed by atoms with van der Waals surface area (Å²) in [7, 11) is 1.55. The Balaban J connectivity index is 3.88. The molecule has 0 heterocycles. The number of nitrogens with one attached hydrogen (secondary N) is 1. The zero-order valence-electron chi connectivity index (χ0n) is 6.35. The minimum Gasteiger partial charge on any atom is -0.339 e. The maximum atomic E-state index is 10.6. The van der Waals surface area contributed by atoms with E-state index < -0.39 is 0 Å². The number of urea groups is 1. The molecule has 56 valence electrons. The highest BCUT2D eigenvalue weighted by atomic mass is 16.2. The summed E-state index contributed by atoms with van der Waals surface area (Å²) in [5.74, 6) is 0. The lowest BCUT2D eigenvalue weighted by Gasteiger charge is -1.93. The van der Waals surface area contributed by atoms with Crippen LogP contribution in [0.5, 0.6) is 0 Å². The minimum atomic E-state index is -0.306. The molecule has 1 N–H and O–H groups in total. The van der Waals surface area contributed by atoms with Crippen molar-refractivity contribution >= 4 is 11.7 Å². The quantitative estimate of drug-likeness (QED) is 0.456. The summed E-state index contributed by atoms with van der Waals surface area (Å²) >= 11 is 0. The Morgan fingerprint density at radius 2 is 2.40 bits per heavy atom. The summed E-state index contributed by atoms with van der Waals surface area (Å²) in [5, 5.41) is 2.39. The monoisotopic (exact) mass is 140 g/mol. The van der Waals surface area contributed by atoms with Gasteiger partial charge in [0, 0.05) is 19.2 Å². The summed E-state index contributed by atoms with van der Waals surface area (Å²) < 4.78 is 0. The van der Waals surface area contributed by atoms with E-state index in [9.17, 15) is 4.79 Å². The average molecular weight is 140 g/mol. The van der Waals surface area contributed by atoms with Crippen molar-refractivity contribution in [2.45, 2.75) is 13.3 Å². The number of carbonyl (C=O) groups excluding carboxylic acids is 1. The van der Waals surface area contributed by atoms with Crippen LogP contribution in [0.1, 0.15) is 13.3 Å². The maximum absolute atomic E-state index is 10.6. The van der Waals surface area contributed by atoms with Crippen LogP contribution in [0.3, 0.4) is 0 Å². The standard InChI is InChI=1S/C7H12N2O/c1-4-5-6(2)9-7(10)8-3/h4H,1,5H2,2-3H3,(H,8,10). The van der Waals surface area contributed by atoms with E-state index in [1.54, 1.807) is 20.0 Å². The molecule has 0 saturated heterocycles. The van der Waals surface area contributed by atoms with Gasteiger partial charge >= 0.3 is 6.03 Å². The lowest BCUT2D eigenvalue weighted by atomic mass is 10.3. The molecule has 3 nitrogen and oxygen atoms in total. The molecule has 0 aromatic rings. The predicted octanol–water partition coefficient (Wildman–Crippen LogP) is 1.36. The molecule has 0 aromatic carbocycles. The Kier molecular flexibility index (Phi) is 4.20. The van der Waals surface area contributed by atoms with E-state index in [0.717, 1.165) is 5.71 Å². The van der Waals surface area contributed by atoms with Gasteiger partial charge in [0.2, 0.25) is 0 Å². The molecular weight excluding hydrogens is 128 g/mol. The van der Waals surface area contributed by atoms with Crippen LogP contribution >= 0.6 is 0 Å². The van der Waals surface area contributed by atoms with E-state index >= 15 is 0 Å². The first-order valence-electron chi connectivity index (χ1n) is 3.07. The van der Waals surface area contributed by atoms with Gasteiger partial charge in [-0.2, -0.15) is 0 Å². The fourth-order valence-corrected chi connectivity index (χ4v) is 0.484. The number of aliphatic imine (C=N–C) groups is 1. The molecule has 0 aliphatic carbocycles. The molecule has 0 bridgehead atoms. The van der Waals surface area contributed by atoms with Gasteiger partial charge in [-0.3, -0.25) is 0 Å². The zero-order chi connectivity index (χ0) is 7.98. The second-order valence-corrected chi connectivity index (χ2v) is 1.90. The van der Waals surface area contributed by atoms with Crippen molar-refractivity contribution in [1.29, 1.82) is 0 Å². The molecule has 0 aromatic heterocycles.